The molecule has 0 spiro atoms. The normalized spacial score (nSPS) is 14.4. The molecule has 3 aromatic rings. The topological polar surface area (TPSA) is 86.8 Å². The van der Waals surface area contributed by atoms with Crippen molar-refractivity contribution < 1.29 is 18.0 Å². The molecule has 4 rings (SSSR count). The molecule has 1 saturated carbocycles. The van der Waals surface area contributed by atoms with Gasteiger partial charge >= 0.3 is 0 Å². The predicted octanol–water partition coefficient (Wildman–Crippen LogP) is 6.53. The highest BCUT2D eigenvalue weighted by atomic mass is 79.9. The minimum atomic E-state index is -3.85. The first-order valence-electron chi connectivity index (χ1n) is 13.7. The second-order valence-corrected chi connectivity index (χ2v) is 14.2. The molecule has 1 aliphatic carbocycles. The van der Waals surface area contributed by atoms with Crippen molar-refractivity contribution in [1.29, 1.82) is 0 Å². The fraction of sp³-hybridized carbons (Fsp3) is 0.355. The van der Waals surface area contributed by atoms with E-state index < -0.39 is 28.5 Å². The standard InChI is InChI=1S/C31H34BrCl2N3O4S/c1-21-16-25(13-14-26(21)32)37(42(2,40)41)20-30(38)36(19-23-12-15-27(33)28(34)17-23)29(18-22-8-4-3-5-9-22)31(39)35-24-10-6-7-11-24/h3-5,8-9,12-17,24,29H,6-7,10-11,18-20H2,1-2H3,(H,35,39). The van der Waals surface area contributed by atoms with Gasteiger partial charge in [0.2, 0.25) is 21.8 Å². The van der Waals surface area contributed by atoms with Gasteiger partial charge in [0.05, 0.1) is 22.0 Å². The second kappa shape index (κ2) is 14.3. The van der Waals surface area contributed by atoms with E-state index in [1.54, 1.807) is 36.4 Å². The number of nitrogens with zero attached hydrogens (tertiary/aromatic N) is 2. The molecule has 1 fully saturated rings. The number of hydrogen-bond donors (Lipinski definition) is 1. The van der Waals surface area contributed by atoms with Crippen molar-refractivity contribution >= 4 is 66.7 Å². The number of carbonyl (C=O) groups excluding carboxylic acids is 2. The largest absolute Gasteiger partial charge is 0.352 e. The maximum Gasteiger partial charge on any atom is 0.244 e. The lowest BCUT2D eigenvalue weighted by atomic mass is 10.0. The molecular weight excluding hydrogens is 661 g/mol. The molecule has 0 bridgehead atoms. The van der Waals surface area contributed by atoms with E-state index in [0.717, 1.165) is 51.8 Å². The third kappa shape index (κ3) is 8.49. The average Bonchev–Trinajstić information content (AvgIpc) is 3.45. The molecule has 11 heteroatoms. The molecule has 0 heterocycles. The van der Waals surface area contributed by atoms with Crippen LogP contribution < -0.4 is 9.62 Å². The van der Waals surface area contributed by atoms with Gasteiger partial charge in [0.15, 0.2) is 0 Å². The zero-order valence-electron chi connectivity index (χ0n) is 23.5. The summed E-state index contributed by atoms with van der Waals surface area (Å²) in [5, 5.41) is 3.84. The van der Waals surface area contributed by atoms with Crippen molar-refractivity contribution in [1.82, 2.24) is 10.2 Å². The number of nitrogens with one attached hydrogen (secondary N) is 1. The minimum absolute atomic E-state index is 0.0300. The number of halogens is 3. The van der Waals surface area contributed by atoms with Gasteiger partial charge in [-0.25, -0.2) is 8.42 Å². The van der Waals surface area contributed by atoms with E-state index in [4.69, 9.17) is 23.2 Å². The predicted molar refractivity (Wildman–Crippen MR) is 172 cm³/mol. The number of sulfonamides is 1. The van der Waals surface area contributed by atoms with Crippen LogP contribution in [0.15, 0.2) is 71.2 Å². The van der Waals surface area contributed by atoms with Crippen LogP contribution in [-0.2, 0) is 32.6 Å². The van der Waals surface area contributed by atoms with E-state index in [1.807, 2.05) is 37.3 Å². The first kappa shape index (κ1) is 32.3. The molecule has 0 aliphatic heterocycles. The van der Waals surface area contributed by atoms with Crippen molar-refractivity contribution in [3.8, 4) is 0 Å². The molecule has 0 radical (unpaired) electrons. The molecule has 42 heavy (non-hydrogen) atoms. The quantitative estimate of drug-likeness (QED) is 0.247. The molecule has 2 amide bonds. The van der Waals surface area contributed by atoms with Crippen LogP contribution in [0.25, 0.3) is 0 Å². The summed E-state index contributed by atoms with van der Waals surface area (Å²) in [5.74, 6) is -0.792. The third-order valence-corrected chi connectivity index (χ3v) is 10.2. The van der Waals surface area contributed by atoms with Gasteiger partial charge in [-0.15, -0.1) is 0 Å². The molecule has 3 aromatic carbocycles. The summed E-state index contributed by atoms with van der Waals surface area (Å²) in [5.41, 5.74) is 2.71. The summed E-state index contributed by atoms with van der Waals surface area (Å²) in [7, 11) is -3.85. The molecular formula is C31H34BrCl2N3O4S. The zero-order chi connectivity index (χ0) is 30.4. The lowest BCUT2D eigenvalue weighted by Gasteiger charge is -2.34. The number of carbonyl (C=O) groups is 2. The number of hydrogen-bond acceptors (Lipinski definition) is 4. The molecule has 1 unspecified atom stereocenters. The summed E-state index contributed by atoms with van der Waals surface area (Å²) in [6, 6.07) is 18.7. The third-order valence-electron chi connectivity index (χ3n) is 7.42. The van der Waals surface area contributed by atoms with E-state index in [2.05, 4.69) is 21.2 Å². The fourth-order valence-corrected chi connectivity index (χ4v) is 6.56. The molecule has 0 aromatic heterocycles. The first-order chi connectivity index (χ1) is 19.9. The highest BCUT2D eigenvalue weighted by Gasteiger charge is 2.34. The number of benzene rings is 3. The summed E-state index contributed by atoms with van der Waals surface area (Å²) in [6.45, 7) is 1.39. The van der Waals surface area contributed by atoms with E-state index in [1.165, 1.54) is 4.90 Å². The van der Waals surface area contributed by atoms with Crippen LogP contribution in [0, 0.1) is 6.92 Å². The fourth-order valence-electron chi connectivity index (χ4n) is 5.15. The van der Waals surface area contributed by atoms with Gasteiger partial charge in [-0.05, 0) is 66.8 Å². The lowest BCUT2D eigenvalue weighted by Crippen LogP contribution is -2.54. The Bertz CT molecular complexity index is 1530. The van der Waals surface area contributed by atoms with Crippen molar-refractivity contribution in [3.63, 3.8) is 0 Å². The highest BCUT2D eigenvalue weighted by molar-refractivity contribution is 9.10. The Hall–Kier alpha value is -2.59. The maximum absolute atomic E-state index is 14.2. The molecule has 1 atom stereocenters. The van der Waals surface area contributed by atoms with Gasteiger partial charge < -0.3 is 10.2 Å². The van der Waals surface area contributed by atoms with Gasteiger partial charge in [-0.3, -0.25) is 13.9 Å². The van der Waals surface area contributed by atoms with Crippen molar-refractivity contribution in [2.75, 3.05) is 17.1 Å². The van der Waals surface area contributed by atoms with E-state index in [0.29, 0.717) is 21.3 Å². The summed E-state index contributed by atoms with van der Waals surface area (Å²) in [6.07, 6.45) is 5.16. The molecule has 1 N–H and O–H groups in total. The van der Waals surface area contributed by atoms with Crippen LogP contribution in [0.3, 0.4) is 0 Å². The van der Waals surface area contributed by atoms with Crippen LogP contribution >= 0.6 is 39.1 Å². The second-order valence-electron chi connectivity index (χ2n) is 10.7. The Morgan fingerprint density at radius 3 is 2.29 bits per heavy atom. The minimum Gasteiger partial charge on any atom is -0.352 e. The van der Waals surface area contributed by atoms with E-state index in [9.17, 15) is 18.0 Å². The smallest absolute Gasteiger partial charge is 0.244 e. The van der Waals surface area contributed by atoms with Gasteiger partial charge in [0, 0.05) is 23.5 Å². The van der Waals surface area contributed by atoms with Crippen molar-refractivity contribution in [3.05, 3.63) is 97.9 Å². The zero-order valence-corrected chi connectivity index (χ0v) is 27.4. The number of anilines is 1. The van der Waals surface area contributed by atoms with Crippen LogP contribution in [0.5, 0.6) is 0 Å². The molecule has 224 valence electrons. The monoisotopic (exact) mass is 693 g/mol. The maximum atomic E-state index is 14.2. The number of aryl methyl sites for hydroxylation is 1. The Balaban J connectivity index is 1.74. The highest BCUT2D eigenvalue weighted by Crippen LogP contribution is 2.27. The van der Waals surface area contributed by atoms with Crippen LogP contribution in [0.2, 0.25) is 10.0 Å². The summed E-state index contributed by atoms with van der Waals surface area (Å²) in [4.78, 5) is 29.6. The summed E-state index contributed by atoms with van der Waals surface area (Å²) < 4.78 is 27.9. The average molecular weight is 696 g/mol. The van der Waals surface area contributed by atoms with Crippen molar-refractivity contribution in [2.24, 2.45) is 0 Å². The Kier molecular flexibility index (Phi) is 11.0. The van der Waals surface area contributed by atoms with Crippen LogP contribution in [-0.4, -0.2) is 50.0 Å². The van der Waals surface area contributed by atoms with Gasteiger partial charge in [-0.2, -0.15) is 0 Å². The molecule has 0 saturated heterocycles. The van der Waals surface area contributed by atoms with Gasteiger partial charge in [0.25, 0.3) is 0 Å². The number of rotatable bonds is 11. The Morgan fingerprint density at radius 1 is 0.976 bits per heavy atom. The lowest BCUT2D eigenvalue weighted by molar-refractivity contribution is -0.140. The van der Waals surface area contributed by atoms with Gasteiger partial charge in [-0.1, -0.05) is 88.4 Å². The molecule has 7 nitrogen and oxygen atoms in total. The van der Waals surface area contributed by atoms with E-state index >= 15 is 0 Å². The van der Waals surface area contributed by atoms with E-state index in [-0.39, 0.29) is 24.9 Å². The van der Waals surface area contributed by atoms with Crippen LogP contribution in [0.1, 0.15) is 42.4 Å². The Labute approximate surface area is 266 Å². The SMILES string of the molecule is Cc1cc(N(CC(=O)N(Cc2ccc(Cl)c(Cl)c2)C(Cc2ccccc2)C(=O)NC2CCCC2)S(C)(=O)=O)ccc1Br. The first-order valence-corrected chi connectivity index (χ1v) is 17.1. The number of amides is 2. The molecule has 1 aliphatic rings. The van der Waals surface area contributed by atoms with Crippen LogP contribution in [0.4, 0.5) is 5.69 Å². The van der Waals surface area contributed by atoms with Crippen molar-refractivity contribution in [2.45, 2.75) is 57.7 Å². The Morgan fingerprint density at radius 2 is 1.67 bits per heavy atom. The van der Waals surface area contributed by atoms with Gasteiger partial charge in [0.1, 0.15) is 12.6 Å². The summed E-state index contributed by atoms with van der Waals surface area (Å²) >= 11 is 15.9.